The topological polar surface area (TPSA) is 34.5 Å². The fourth-order valence-corrected chi connectivity index (χ4v) is 3.50. The lowest BCUT2D eigenvalue weighted by atomic mass is 10.1. The van der Waals surface area contributed by atoms with Crippen LogP contribution >= 0.6 is 11.3 Å². The minimum Gasteiger partial charge on any atom is -0.377 e. The molecule has 0 unspecified atom stereocenters. The van der Waals surface area contributed by atoms with E-state index in [1.165, 1.54) is 5.56 Å². The summed E-state index contributed by atoms with van der Waals surface area (Å²) in [5, 5.41) is 4.17. The highest BCUT2D eigenvalue weighted by Crippen LogP contribution is 2.25. The van der Waals surface area contributed by atoms with Gasteiger partial charge >= 0.3 is 0 Å². The van der Waals surface area contributed by atoms with E-state index in [1.54, 1.807) is 11.3 Å². The number of rotatable bonds is 4. The molecule has 1 aliphatic rings. The van der Waals surface area contributed by atoms with Crippen molar-refractivity contribution in [2.45, 2.75) is 18.9 Å². The molecule has 21 heavy (non-hydrogen) atoms. The number of ether oxygens (including phenoxy) is 1. The highest BCUT2D eigenvalue weighted by atomic mass is 32.1. The van der Waals surface area contributed by atoms with Gasteiger partial charge in [0.15, 0.2) is 0 Å². The lowest BCUT2D eigenvalue weighted by Gasteiger charge is -2.36. The van der Waals surface area contributed by atoms with Crippen molar-refractivity contribution in [3.63, 3.8) is 0 Å². The lowest BCUT2D eigenvalue weighted by molar-refractivity contribution is -0.140. The van der Waals surface area contributed by atoms with Crippen molar-refractivity contribution < 1.29 is 9.53 Å². The fourth-order valence-electron chi connectivity index (χ4n) is 2.80. The molecule has 0 N–H and O–H groups in total. The van der Waals surface area contributed by atoms with E-state index < -0.39 is 0 Å². The van der Waals surface area contributed by atoms with Gasteiger partial charge in [0.1, 0.15) is 0 Å². The van der Waals surface area contributed by atoms with E-state index in [9.17, 15) is 4.79 Å². The molecule has 2 aromatic heterocycles. The lowest BCUT2D eigenvalue weighted by Crippen LogP contribution is -2.44. The maximum absolute atomic E-state index is 12.6. The highest BCUT2D eigenvalue weighted by molar-refractivity contribution is 7.07. The Bertz CT molecular complexity index is 591. The molecule has 112 valence electrons. The van der Waals surface area contributed by atoms with E-state index in [2.05, 4.69) is 27.5 Å². The van der Waals surface area contributed by atoms with Crippen molar-refractivity contribution in [3.8, 4) is 0 Å². The first-order chi connectivity index (χ1) is 10.3. The number of carbonyl (C=O) groups excluding carboxylic acids is 1. The summed E-state index contributed by atoms with van der Waals surface area (Å²) >= 11 is 1.68. The van der Waals surface area contributed by atoms with E-state index in [0.717, 1.165) is 12.1 Å². The summed E-state index contributed by atoms with van der Waals surface area (Å²) in [5.41, 5.74) is 2.38. The molecule has 0 radical (unpaired) electrons. The molecule has 3 rings (SSSR count). The van der Waals surface area contributed by atoms with Crippen LogP contribution in [0.5, 0.6) is 0 Å². The first-order valence-electron chi connectivity index (χ1n) is 7.25. The summed E-state index contributed by atoms with van der Waals surface area (Å²) in [6.07, 6.45) is 3.40. The van der Waals surface area contributed by atoms with E-state index in [1.807, 2.05) is 24.2 Å². The van der Waals surface area contributed by atoms with Gasteiger partial charge in [-0.1, -0.05) is 0 Å². The molecule has 1 amide bonds. The monoisotopic (exact) mass is 304 g/mol. The second-order valence-electron chi connectivity index (χ2n) is 5.35. The number of hydrogen-bond donors (Lipinski definition) is 0. The van der Waals surface area contributed by atoms with E-state index in [0.29, 0.717) is 26.2 Å². The number of nitrogens with zero attached hydrogens (tertiary/aromatic N) is 2. The molecule has 0 saturated carbocycles. The average molecular weight is 304 g/mol. The summed E-state index contributed by atoms with van der Waals surface area (Å²) in [4.78, 5) is 14.6. The SMILES string of the molecule is Cn1cccc1[C@H]1COCCN1C(=O)CCc1ccsc1. The number of morpholine rings is 1. The van der Waals surface area contributed by atoms with Crippen LogP contribution in [0.25, 0.3) is 0 Å². The molecule has 1 atom stereocenters. The molecule has 1 aliphatic heterocycles. The summed E-state index contributed by atoms with van der Waals surface area (Å²) in [5.74, 6) is 0.218. The van der Waals surface area contributed by atoms with Gasteiger partial charge < -0.3 is 14.2 Å². The van der Waals surface area contributed by atoms with Crippen LogP contribution in [0.1, 0.15) is 23.7 Å². The van der Waals surface area contributed by atoms with Crippen LogP contribution in [0.15, 0.2) is 35.2 Å². The third-order valence-corrected chi connectivity index (χ3v) is 4.71. The fraction of sp³-hybridized carbons (Fsp3) is 0.438. The Hall–Kier alpha value is -1.59. The second kappa shape index (κ2) is 6.45. The molecule has 0 spiro atoms. The quantitative estimate of drug-likeness (QED) is 0.870. The molecule has 2 aromatic rings. The van der Waals surface area contributed by atoms with Gasteiger partial charge in [-0.3, -0.25) is 4.79 Å². The highest BCUT2D eigenvalue weighted by Gasteiger charge is 2.29. The second-order valence-corrected chi connectivity index (χ2v) is 6.13. The third kappa shape index (κ3) is 3.19. The zero-order chi connectivity index (χ0) is 14.7. The van der Waals surface area contributed by atoms with Crippen LogP contribution in [-0.4, -0.2) is 35.1 Å². The smallest absolute Gasteiger partial charge is 0.223 e. The molecule has 0 bridgehead atoms. The molecule has 5 heteroatoms. The maximum atomic E-state index is 12.6. The largest absolute Gasteiger partial charge is 0.377 e. The molecule has 1 fully saturated rings. The number of aryl methyl sites for hydroxylation is 2. The Morgan fingerprint density at radius 2 is 2.38 bits per heavy atom. The predicted octanol–water partition coefficient (Wildman–Crippen LogP) is 2.62. The number of amides is 1. The summed E-state index contributed by atoms with van der Waals surface area (Å²) < 4.78 is 7.65. The molecule has 4 nitrogen and oxygen atoms in total. The van der Waals surface area contributed by atoms with Gasteiger partial charge in [-0.15, -0.1) is 0 Å². The summed E-state index contributed by atoms with van der Waals surface area (Å²) in [6.45, 7) is 1.89. The van der Waals surface area contributed by atoms with Crippen molar-refractivity contribution >= 4 is 17.2 Å². The van der Waals surface area contributed by atoms with Crippen LogP contribution in [0, 0.1) is 0 Å². The summed E-state index contributed by atoms with van der Waals surface area (Å²) in [6, 6.07) is 6.20. The van der Waals surface area contributed by atoms with Gasteiger partial charge in [0, 0.05) is 31.9 Å². The molecule has 1 saturated heterocycles. The number of aromatic nitrogens is 1. The van der Waals surface area contributed by atoms with Gasteiger partial charge in [-0.25, -0.2) is 0 Å². The van der Waals surface area contributed by atoms with Crippen LogP contribution in [0.4, 0.5) is 0 Å². The van der Waals surface area contributed by atoms with Crippen molar-refractivity contribution in [2.24, 2.45) is 7.05 Å². The number of hydrogen-bond acceptors (Lipinski definition) is 3. The molecule has 0 aliphatic carbocycles. The van der Waals surface area contributed by atoms with Crippen LogP contribution in [-0.2, 0) is 23.0 Å². The van der Waals surface area contributed by atoms with Gasteiger partial charge in [-0.05, 0) is 40.9 Å². The first-order valence-corrected chi connectivity index (χ1v) is 8.19. The minimum atomic E-state index is 0.0359. The Morgan fingerprint density at radius 1 is 1.48 bits per heavy atom. The van der Waals surface area contributed by atoms with Crippen molar-refractivity contribution in [3.05, 3.63) is 46.4 Å². The van der Waals surface area contributed by atoms with E-state index in [-0.39, 0.29) is 11.9 Å². The van der Waals surface area contributed by atoms with Crippen molar-refractivity contribution in [2.75, 3.05) is 19.8 Å². The van der Waals surface area contributed by atoms with Gasteiger partial charge in [-0.2, -0.15) is 11.3 Å². The van der Waals surface area contributed by atoms with Gasteiger partial charge in [0.25, 0.3) is 0 Å². The van der Waals surface area contributed by atoms with Gasteiger partial charge in [0.2, 0.25) is 5.91 Å². The van der Waals surface area contributed by atoms with Crippen molar-refractivity contribution in [1.29, 1.82) is 0 Å². The van der Waals surface area contributed by atoms with Gasteiger partial charge in [0.05, 0.1) is 19.3 Å². The Morgan fingerprint density at radius 3 is 3.10 bits per heavy atom. The zero-order valence-electron chi connectivity index (χ0n) is 12.2. The molecular weight excluding hydrogens is 284 g/mol. The Balaban J connectivity index is 1.69. The maximum Gasteiger partial charge on any atom is 0.223 e. The number of carbonyl (C=O) groups is 1. The van der Waals surface area contributed by atoms with Crippen LogP contribution in [0.3, 0.4) is 0 Å². The normalized spacial score (nSPS) is 18.9. The predicted molar refractivity (Wildman–Crippen MR) is 83.3 cm³/mol. The van der Waals surface area contributed by atoms with E-state index >= 15 is 0 Å². The first kappa shape index (κ1) is 14.4. The van der Waals surface area contributed by atoms with E-state index in [4.69, 9.17) is 4.74 Å². The molecule has 3 heterocycles. The zero-order valence-corrected chi connectivity index (χ0v) is 13.0. The third-order valence-electron chi connectivity index (χ3n) is 3.98. The molecule has 0 aromatic carbocycles. The van der Waals surface area contributed by atoms with Crippen LogP contribution in [0.2, 0.25) is 0 Å². The molecular formula is C16H20N2O2S. The Labute approximate surface area is 128 Å². The average Bonchev–Trinajstić information content (AvgIpc) is 3.16. The Kier molecular flexibility index (Phi) is 4.41. The van der Waals surface area contributed by atoms with Crippen molar-refractivity contribution in [1.82, 2.24) is 9.47 Å². The number of thiophene rings is 1. The van der Waals surface area contributed by atoms with Crippen LogP contribution < -0.4 is 0 Å². The minimum absolute atomic E-state index is 0.0359. The standard InChI is InChI=1S/C16H20N2O2S/c1-17-7-2-3-14(17)15-11-20-9-8-18(15)16(19)5-4-13-6-10-21-12-13/h2-3,6-7,10,12,15H,4-5,8-9,11H2,1H3/t15-/m1/s1. The summed E-state index contributed by atoms with van der Waals surface area (Å²) in [7, 11) is 2.01.